The normalized spacial score (nSPS) is 13.8. The highest BCUT2D eigenvalue weighted by Gasteiger charge is 2.21. The first kappa shape index (κ1) is 13.4. The van der Waals surface area contributed by atoms with Crippen molar-refractivity contribution in [3.8, 4) is 0 Å². The molecule has 0 aromatic heterocycles. The summed E-state index contributed by atoms with van der Waals surface area (Å²) in [7, 11) is 0. The van der Waals surface area contributed by atoms with Crippen LogP contribution in [0.5, 0.6) is 0 Å². The van der Waals surface area contributed by atoms with Crippen LogP contribution < -0.4 is 0 Å². The molecule has 1 unspecified atom stereocenters. The molecule has 0 heterocycles. The lowest BCUT2D eigenvalue weighted by molar-refractivity contribution is 0.374. The predicted molar refractivity (Wildman–Crippen MR) is 81.4 cm³/mol. The van der Waals surface area contributed by atoms with Gasteiger partial charge in [0.05, 0.1) is 0 Å². The molecule has 0 saturated heterocycles. The van der Waals surface area contributed by atoms with Crippen LogP contribution in [0.2, 0.25) is 0 Å². The summed E-state index contributed by atoms with van der Waals surface area (Å²) in [5.74, 6) is 0. The van der Waals surface area contributed by atoms with E-state index in [1.165, 1.54) is 16.3 Å². The maximum atomic E-state index is 6.46. The minimum absolute atomic E-state index is 0.173. The minimum atomic E-state index is 0.173. The van der Waals surface area contributed by atoms with Crippen molar-refractivity contribution in [1.82, 2.24) is 0 Å². The Morgan fingerprint density at radius 1 is 1.00 bits per heavy atom. The van der Waals surface area contributed by atoms with Crippen molar-refractivity contribution in [3.63, 3.8) is 0 Å². The zero-order valence-corrected chi connectivity index (χ0v) is 12.2. The lowest BCUT2D eigenvalue weighted by Crippen LogP contribution is -2.21. The third-order valence-electron chi connectivity index (χ3n) is 3.49. The Morgan fingerprint density at radius 2 is 1.67 bits per heavy atom. The summed E-state index contributed by atoms with van der Waals surface area (Å²) in [6.45, 7) is 6.61. The van der Waals surface area contributed by atoms with E-state index in [0.717, 1.165) is 12.8 Å². The minimum Gasteiger partial charge on any atom is -0.122 e. The molecule has 0 fully saturated rings. The van der Waals surface area contributed by atoms with Gasteiger partial charge in [-0.3, -0.25) is 0 Å². The molecule has 18 heavy (non-hydrogen) atoms. The standard InChI is InChI=1S/C17H21Cl/c1-17(2,3)16(18)12-11-14-9-6-8-13-7-4-5-10-15(13)14/h4-10,16H,11-12H2,1-3H3. The number of benzene rings is 2. The molecule has 2 aromatic rings. The average Bonchev–Trinajstić information content (AvgIpc) is 2.34. The van der Waals surface area contributed by atoms with Crippen LogP contribution in [-0.4, -0.2) is 5.38 Å². The van der Waals surface area contributed by atoms with Gasteiger partial charge >= 0.3 is 0 Å². The van der Waals surface area contributed by atoms with Gasteiger partial charge in [-0.15, -0.1) is 11.6 Å². The SMILES string of the molecule is CC(C)(C)C(Cl)CCc1cccc2ccccc12. The quantitative estimate of drug-likeness (QED) is 0.646. The Labute approximate surface area is 115 Å². The lowest BCUT2D eigenvalue weighted by atomic mass is 9.87. The van der Waals surface area contributed by atoms with Gasteiger partial charge in [0.15, 0.2) is 0 Å². The summed E-state index contributed by atoms with van der Waals surface area (Å²) in [6, 6.07) is 15.1. The van der Waals surface area contributed by atoms with Gasteiger partial charge < -0.3 is 0 Å². The number of hydrogen-bond acceptors (Lipinski definition) is 0. The van der Waals surface area contributed by atoms with E-state index in [2.05, 4.69) is 63.2 Å². The molecular formula is C17H21Cl. The van der Waals surface area contributed by atoms with Gasteiger partial charge in [0.2, 0.25) is 0 Å². The monoisotopic (exact) mass is 260 g/mol. The van der Waals surface area contributed by atoms with Crippen molar-refractivity contribution >= 4 is 22.4 Å². The van der Waals surface area contributed by atoms with E-state index in [1.807, 2.05) is 0 Å². The van der Waals surface area contributed by atoms with Crippen LogP contribution in [0.15, 0.2) is 42.5 Å². The van der Waals surface area contributed by atoms with Crippen molar-refractivity contribution in [2.24, 2.45) is 5.41 Å². The molecule has 96 valence electrons. The molecule has 0 radical (unpaired) electrons. The Hall–Kier alpha value is -1.01. The Kier molecular flexibility index (Phi) is 3.97. The Morgan fingerprint density at radius 3 is 2.39 bits per heavy atom. The highest BCUT2D eigenvalue weighted by atomic mass is 35.5. The van der Waals surface area contributed by atoms with Crippen LogP contribution in [0.3, 0.4) is 0 Å². The Balaban J connectivity index is 2.18. The zero-order valence-electron chi connectivity index (χ0n) is 11.4. The van der Waals surface area contributed by atoms with Gasteiger partial charge in [-0.25, -0.2) is 0 Å². The number of alkyl halides is 1. The topological polar surface area (TPSA) is 0 Å². The molecule has 0 amide bonds. The van der Waals surface area contributed by atoms with Gasteiger partial charge in [0, 0.05) is 5.38 Å². The fourth-order valence-corrected chi connectivity index (χ4v) is 2.33. The van der Waals surface area contributed by atoms with E-state index in [9.17, 15) is 0 Å². The number of fused-ring (bicyclic) bond motifs is 1. The van der Waals surface area contributed by atoms with Crippen LogP contribution in [0.1, 0.15) is 32.8 Å². The first-order valence-corrected chi connectivity index (χ1v) is 7.03. The number of hydrogen-bond donors (Lipinski definition) is 0. The fourth-order valence-electron chi connectivity index (χ4n) is 2.23. The molecule has 0 nitrogen and oxygen atoms in total. The van der Waals surface area contributed by atoms with Crippen LogP contribution in [0.4, 0.5) is 0 Å². The van der Waals surface area contributed by atoms with E-state index >= 15 is 0 Å². The molecule has 0 saturated carbocycles. The van der Waals surface area contributed by atoms with Crippen molar-refractivity contribution in [2.75, 3.05) is 0 Å². The summed E-state index contributed by atoms with van der Waals surface area (Å²) in [5.41, 5.74) is 1.58. The highest BCUT2D eigenvalue weighted by molar-refractivity contribution is 6.21. The molecular weight excluding hydrogens is 240 g/mol. The van der Waals surface area contributed by atoms with Gasteiger partial charge in [-0.05, 0) is 34.6 Å². The molecule has 2 aromatic carbocycles. The first-order valence-electron chi connectivity index (χ1n) is 6.59. The maximum absolute atomic E-state index is 6.46. The molecule has 0 aliphatic carbocycles. The average molecular weight is 261 g/mol. The second-order valence-electron chi connectivity index (χ2n) is 6.01. The van der Waals surface area contributed by atoms with E-state index in [1.54, 1.807) is 0 Å². The predicted octanol–water partition coefficient (Wildman–Crippen LogP) is 5.43. The van der Waals surface area contributed by atoms with E-state index in [0.29, 0.717) is 0 Å². The van der Waals surface area contributed by atoms with Crippen molar-refractivity contribution in [2.45, 2.75) is 39.0 Å². The third kappa shape index (κ3) is 3.05. The summed E-state index contributed by atoms with van der Waals surface area (Å²) in [5, 5.41) is 2.89. The second-order valence-corrected chi connectivity index (χ2v) is 6.54. The third-order valence-corrected chi connectivity index (χ3v) is 4.36. The van der Waals surface area contributed by atoms with E-state index in [4.69, 9.17) is 11.6 Å². The molecule has 0 spiro atoms. The smallest absolute Gasteiger partial charge is 0.0387 e. The summed E-state index contributed by atoms with van der Waals surface area (Å²) in [4.78, 5) is 0. The van der Waals surface area contributed by atoms with Crippen molar-refractivity contribution in [1.29, 1.82) is 0 Å². The summed E-state index contributed by atoms with van der Waals surface area (Å²) >= 11 is 6.46. The molecule has 0 aliphatic rings. The second kappa shape index (κ2) is 5.32. The number of rotatable bonds is 3. The zero-order chi connectivity index (χ0) is 13.2. The van der Waals surface area contributed by atoms with E-state index in [-0.39, 0.29) is 10.8 Å². The van der Waals surface area contributed by atoms with Crippen LogP contribution in [-0.2, 0) is 6.42 Å². The van der Waals surface area contributed by atoms with Crippen molar-refractivity contribution in [3.05, 3.63) is 48.0 Å². The summed E-state index contributed by atoms with van der Waals surface area (Å²) in [6.07, 6.45) is 2.08. The van der Waals surface area contributed by atoms with Gasteiger partial charge in [-0.2, -0.15) is 0 Å². The van der Waals surface area contributed by atoms with Gasteiger partial charge in [-0.1, -0.05) is 63.2 Å². The largest absolute Gasteiger partial charge is 0.122 e. The first-order chi connectivity index (χ1) is 8.48. The maximum Gasteiger partial charge on any atom is 0.0387 e. The highest BCUT2D eigenvalue weighted by Crippen LogP contribution is 2.29. The Bertz CT molecular complexity index is 517. The molecule has 1 atom stereocenters. The van der Waals surface area contributed by atoms with Crippen molar-refractivity contribution < 1.29 is 0 Å². The molecule has 0 N–H and O–H groups in total. The fraction of sp³-hybridized carbons (Fsp3) is 0.412. The molecule has 0 aliphatic heterocycles. The molecule has 2 rings (SSSR count). The van der Waals surface area contributed by atoms with Crippen LogP contribution in [0, 0.1) is 5.41 Å². The number of halogens is 1. The van der Waals surface area contributed by atoms with Crippen LogP contribution in [0.25, 0.3) is 10.8 Å². The van der Waals surface area contributed by atoms with E-state index < -0.39 is 0 Å². The molecule has 0 bridgehead atoms. The number of aryl methyl sites for hydroxylation is 1. The molecule has 1 heteroatoms. The van der Waals surface area contributed by atoms with Gasteiger partial charge in [0.1, 0.15) is 0 Å². The van der Waals surface area contributed by atoms with Gasteiger partial charge in [0.25, 0.3) is 0 Å². The summed E-state index contributed by atoms with van der Waals surface area (Å²) < 4.78 is 0. The van der Waals surface area contributed by atoms with Crippen LogP contribution >= 0.6 is 11.6 Å². The lowest BCUT2D eigenvalue weighted by Gasteiger charge is -2.25.